The van der Waals surface area contributed by atoms with Crippen LogP contribution in [0.1, 0.15) is 60.8 Å². The van der Waals surface area contributed by atoms with E-state index < -0.39 is 33.5 Å². The van der Waals surface area contributed by atoms with Crippen molar-refractivity contribution in [3.8, 4) is 16.9 Å². The first-order valence-corrected chi connectivity index (χ1v) is 20.1. The predicted molar refractivity (Wildman–Crippen MR) is 209 cm³/mol. The topological polar surface area (TPSA) is 199 Å². The summed E-state index contributed by atoms with van der Waals surface area (Å²) in [6.45, 7) is 7.68. The normalized spacial score (nSPS) is 11.6. The zero-order valence-corrected chi connectivity index (χ0v) is 32.5. The van der Waals surface area contributed by atoms with Gasteiger partial charge in [0.2, 0.25) is 9.84 Å². The van der Waals surface area contributed by atoms with Crippen LogP contribution in [0.25, 0.3) is 11.1 Å². The Hall–Kier alpha value is -5.06. The van der Waals surface area contributed by atoms with Crippen molar-refractivity contribution in [1.82, 2.24) is 10.7 Å². The number of ether oxygens (including phenoxy) is 2. The van der Waals surface area contributed by atoms with E-state index in [0.29, 0.717) is 57.5 Å². The number of amides is 3. The van der Waals surface area contributed by atoms with Gasteiger partial charge in [-0.1, -0.05) is 30.3 Å². The van der Waals surface area contributed by atoms with Gasteiger partial charge in [-0.25, -0.2) is 28.2 Å². The summed E-state index contributed by atoms with van der Waals surface area (Å²) >= 11 is 2.40. The average molecular weight is 782 g/mol. The van der Waals surface area contributed by atoms with Gasteiger partial charge in [-0.05, 0) is 101 Å². The third kappa shape index (κ3) is 11.2. The van der Waals surface area contributed by atoms with Crippen LogP contribution in [0.3, 0.4) is 0 Å². The molecule has 4 rings (SSSR count). The second-order valence-corrected chi connectivity index (χ2v) is 16.7. The molecule has 0 saturated heterocycles. The van der Waals surface area contributed by atoms with E-state index >= 15 is 0 Å². The number of nitrogen functional groups attached to an aromatic ring is 1. The molecule has 16 heteroatoms. The van der Waals surface area contributed by atoms with Crippen LogP contribution in [0.4, 0.5) is 21.0 Å². The molecule has 6 N–H and O–H groups in total. The fourth-order valence-corrected chi connectivity index (χ4v) is 9.34. The third-order valence-electron chi connectivity index (χ3n) is 7.46. The number of unbranched alkanes of at least 4 members (excludes halogenated alkanes) is 2. The average Bonchev–Trinajstić information content (AvgIpc) is 3.51. The summed E-state index contributed by atoms with van der Waals surface area (Å²) in [7, 11) is -4.34. The van der Waals surface area contributed by atoms with Crippen molar-refractivity contribution in [1.29, 1.82) is 0 Å². The summed E-state index contributed by atoms with van der Waals surface area (Å²) in [4.78, 5) is 36.6. The first-order valence-electron chi connectivity index (χ1n) is 16.5. The molecule has 1 heterocycles. The fraction of sp³-hybridized carbons (Fsp3) is 0.297. The highest BCUT2D eigenvalue weighted by Crippen LogP contribution is 2.45. The van der Waals surface area contributed by atoms with Crippen molar-refractivity contribution in [3.63, 3.8) is 0 Å². The number of hydrazone groups is 1. The van der Waals surface area contributed by atoms with Gasteiger partial charge >= 0.3 is 18.1 Å². The number of urea groups is 1. The van der Waals surface area contributed by atoms with Crippen LogP contribution in [0.5, 0.6) is 5.75 Å². The molecule has 3 aromatic carbocycles. The van der Waals surface area contributed by atoms with Crippen LogP contribution in [0.15, 0.2) is 85.8 Å². The molecule has 53 heavy (non-hydrogen) atoms. The van der Waals surface area contributed by atoms with Gasteiger partial charge in [-0.3, -0.25) is 0 Å². The molecule has 0 aliphatic rings. The zero-order valence-electron chi connectivity index (χ0n) is 30.0. The third-order valence-corrected chi connectivity index (χ3v) is 11.8. The lowest BCUT2D eigenvalue weighted by atomic mass is 9.97. The lowest BCUT2D eigenvalue weighted by Crippen LogP contribution is -2.30. The number of nitrogens with two attached hydrogens (primary N) is 1. The Labute approximate surface area is 317 Å². The van der Waals surface area contributed by atoms with E-state index in [9.17, 15) is 22.8 Å². The Kier molecular flexibility index (Phi) is 13.9. The maximum absolute atomic E-state index is 14.6. The second-order valence-electron chi connectivity index (χ2n) is 12.7. The molecular formula is C37H43N5O8S3. The SMILES string of the molecule is CSc1sc(C=NNC(=O)OC(C)(C)C)cc1S(=O)(=O)c1c(N)cc(C)c(-c2ccccc2)c1NC(=O)NCCCCCOc1ccc(C(=O)O)cc1. The number of benzene rings is 3. The number of carboxylic acids is 1. The molecule has 0 bridgehead atoms. The standard InChI is InChI=1S/C37H43N5O8S3/c1-23-20-28(38)32(53(47,48)29-21-27(52-34(29)51-5)22-40-42-36(46)50-37(2,3)4)31(30(23)24-12-8-6-9-13-24)41-35(45)39-18-10-7-11-19-49-26-16-14-25(15-17-26)33(43)44/h6,8-9,12-17,20-22H,7,10-11,18-19,38H2,1-5H3,(H,42,46)(H,43,44)(H2,39,41,45). The largest absolute Gasteiger partial charge is 0.494 e. The van der Waals surface area contributed by atoms with Crippen molar-refractivity contribution >= 4 is 68.6 Å². The number of carboxylic acid groups (broad SMARTS) is 1. The second kappa shape index (κ2) is 18.1. The first-order chi connectivity index (χ1) is 25.1. The van der Waals surface area contributed by atoms with E-state index in [2.05, 4.69) is 21.2 Å². The maximum atomic E-state index is 14.6. The van der Waals surface area contributed by atoms with Gasteiger partial charge in [0.05, 0.1) is 38.9 Å². The quantitative estimate of drug-likeness (QED) is 0.0261. The van der Waals surface area contributed by atoms with E-state index in [0.717, 1.165) is 6.42 Å². The summed E-state index contributed by atoms with van der Waals surface area (Å²) in [5.41, 5.74) is 10.1. The molecule has 13 nitrogen and oxygen atoms in total. The van der Waals surface area contributed by atoms with Crippen molar-refractivity contribution in [2.24, 2.45) is 5.10 Å². The summed E-state index contributed by atoms with van der Waals surface area (Å²) in [5.74, 6) is -0.441. The predicted octanol–water partition coefficient (Wildman–Crippen LogP) is 7.79. The number of nitrogens with zero attached hydrogens (tertiary/aromatic N) is 1. The van der Waals surface area contributed by atoms with Crippen molar-refractivity contribution in [2.45, 2.75) is 66.6 Å². The van der Waals surface area contributed by atoms with E-state index in [4.69, 9.17) is 20.3 Å². The van der Waals surface area contributed by atoms with Crippen molar-refractivity contribution in [3.05, 3.63) is 82.7 Å². The molecule has 0 atom stereocenters. The minimum Gasteiger partial charge on any atom is -0.494 e. The van der Waals surface area contributed by atoms with E-state index in [1.54, 1.807) is 52.1 Å². The van der Waals surface area contributed by atoms with Gasteiger partial charge < -0.3 is 30.9 Å². The summed E-state index contributed by atoms with van der Waals surface area (Å²) in [6, 6.07) is 17.7. The number of thiophene rings is 1. The molecule has 4 aromatic rings. The van der Waals surface area contributed by atoms with Crippen LogP contribution >= 0.6 is 23.1 Å². The molecule has 0 unspecified atom stereocenters. The first kappa shape index (κ1) is 40.7. The van der Waals surface area contributed by atoms with E-state index in [-0.39, 0.29) is 26.7 Å². The Morgan fingerprint density at radius 2 is 1.72 bits per heavy atom. The minimum absolute atomic E-state index is 0.0215. The number of sulfone groups is 1. The summed E-state index contributed by atoms with van der Waals surface area (Å²) < 4.78 is 40.5. The van der Waals surface area contributed by atoms with Crippen LogP contribution in [0, 0.1) is 6.92 Å². The lowest BCUT2D eigenvalue weighted by Gasteiger charge is -2.21. The molecule has 0 saturated carbocycles. The van der Waals surface area contributed by atoms with Gasteiger partial charge in [0, 0.05) is 17.0 Å². The Balaban J connectivity index is 1.53. The summed E-state index contributed by atoms with van der Waals surface area (Å²) in [5, 5.41) is 18.6. The van der Waals surface area contributed by atoms with Gasteiger partial charge in [-0.15, -0.1) is 23.1 Å². The molecule has 0 aliphatic heterocycles. The Morgan fingerprint density at radius 3 is 2.36 bits per heavy atom. The van der Waals surface area contributed by atoms with Crippen LogP contribution < -0.4 is 26.5 Å². The minimum atomic E-state index is -4.34. The fourth-order valence-electron chi connectivity index (χ4n) is 5.19. The number of aryl methyl sites for hydroxylation is 1. The Morgan fingerprint density at radius 1 is 1.02 bits per heavy atom. The van der Waals surface area contributed by atoms with Crippen LogP contribution in [-0.4, -0.2) is 62.8 Å². The van der Waals surface area contributed by atoms with Gasteiger partial charge in [0.1, 0.15) is 16.2 Å². The molecule has 0 radical (unpaired) electrons. The van der Waals surface area contributed by atoms with Gasteiger partial charge in [0.25, 0.3) is 0 Å². The number of aromatic carboxylic acids is 1. The highest BCUT2D eigenvalue weighted by Gasteiger charge is 2.32. The number of anilines is 2. The zero-order chi connectivity index (χ0) is 38.8. The van der Waals surface area contributed by atoms with Gasteiger partial charge in [-0.2, -0.15) is 5.10 Å². The monoisotopic (exact) mass is 781 g/mol. The maximum Gasteiger partial charge on any atom is 0.428 e. The van der Waals surface area contributed by atoms with E-state index in [1.807, 2.05) is 30.3 Å². The summed E-state index contributed by atoms with van der Waals surface area (Å²) in [6.07, 6.45) is 4.37. The number of rotatable bonds is 15. The van der Waals surface area contributed by atoms with Crippen LogP contribution in [-0.2, 0) is 14.6 Å². The molecule has 0 spiro atoms. The van der Waals surface area contributed by atoms with Crippen molar-refractivity contribution in [2.75, 3.05) is 30.5 Å². The molecule has 0 fully saturated rings. The molecule has 282 valence electrons. The number of nitrogens with one attached hydrogen (secondary N) is 3. The van der Waals surface area contributed by atoms with E-state index in [1.165, 1.54) is 47.5 Å². The number of carbonyl (C=O) groups excluding carboxylic acids is 2. The molecule has 0 aliphatic carbocycles. The highest BCUT2D eigenvalue weighted by atomic mass is 32.2. The van der Waals surface area contributed by atoms with Crippen molar-refractivity contribution < 1.29 is 37.4 Å². The number of hydrogen-bond donors (Lipinski definition) is 5. The molecule has 3 amide bonds. The smallest absolute Gasteiger partial charge is 0.428 e. The lowest BCUT2D eigenvalue weighted by molar-refractivity contribution is 0.0529. The highest BCUT2D eigenvalue weighted by molar-refractivity contribution is 8.01. The molecular weight excluding hydrogens is 739 g/mol. The van der Waals surface area contributed by atoms with Gasteiger partial charge in [0.15, 0.2) is 0 Å². The Bertz CT molecular complexity index is 2060. The molecule has 1 aromatic heterocycles. The number of hydrogen-bond acceptors (Lipinski definition) is 11. The van der Waals surface area contributed by atoms with Crippen LogP contribution in [0.2, 0.25) is 0 Å². The number of carbonyl (C=O) groups is 3. The number of thioether (sulfide) groups is 1.